The number of primary sulfonamides is 1. The molecule has 2 heterocycles. The van der Waals surface area contributed by atoms with Gasteiger partial charge >= 0.3 is 0 Å². The summed E-state index contributed by atoms with van der Waals surface area (Å²) in [5.74, 6) is 1.00. The number of hydrogen-bond acceptors (Lipinski definition) is 9. The van der Waals surface area contributed by atoms with Crippen molar-refractivity contribution in [1.29, 1.82) is 0 Å². The van der Waals surface area contributed by atoms with Crippen molar-refractivity contribution < 1.29 is 39.5 Å². The van der Waals surface area contributed by atoms with Crippen molar-refractivity contribution in [3.05, 3.63) is 83.9 Å². The number of carbonyl (C=O) groups is 1. The van der Waals surface area contributed by atoms with Gasteiger partial charge in [-0.05, 0) is 49.2 Å². The van der Waals surface area contributed by atoms with Gasteiger partial charge < -0.3 is 18.8 Å². The van der Waals surface area contributed by atoms with Crippen LogP contribution in [0.1, 0.15) is 37.0 Å². The van der Waals surface area contributed by atoms with Gasteiger partial charge in [-0.1, -0.05) is 48.9 Å². The maximum atomic E-state index is 13.0. The van der Waals surface area contributed by atoms with Crippen molar-refractivity contribution in [3.63, 3.8) is 0 Å². The number of aryl methyl sites for hydroxylation is 1. The molecule has 0 fully saturated rings. The lowest BCUT2D eigenvalue weighted by molar-refractivity contribution is -0.904. The lowest BCUT2D eigenvalue weighted by Gasteiger charge is -2.27. The molecule has 1 atom stereocenters. The first-order chi connectivity index (χ1) is 21.4. The number of quaternary nitrogens is 1. The highest BCUT2D eigenvalue weighted by molar-refractivity contribution is 7.89. The molecule has 16 heteroatoms. The van der Waals surface area contributed by atoms with Crippen molar-refractivity contribution in [2.45, 2.75) is 49.7 Å². The number of benzene rings is 2. The molecule has 0 saturated heterocycles. The van der Waals surface area contributed by atoms with E-state index in [0.717, 1.165) is 11.3 Å². The van der Waals surface area contributed by atoms with Gasteiger partial charge in [0, 0.05) is 5.56 Å². The van der Waals surface area contributed by atoms with Crippen LogP contribution in [0.5, 0.6) is 0 Å². The average Bonchev–Trinajstić information content (AvgIpc) is 3.61. The number of amides is 1. The zero-order valence-corrected chi connectivity index (χ0v) is 27.9. The van der Waals surface area contributed by atoms with Crippen LogP contribution < -0.4 is 10.5 Å². The number of halogens is 1. The highest BCUT2D eigenvalue weighted by Crippen LogP contribution is 2.23. The van der Waals surface area contributed by atoms with Gasteiger partial charge in [-0.25, -0.2) is 31.0 Å². The van der Waals surface area contributed by atoms with E-state index >= 15 is 0 Å². The minimum Gasteiger partial charge on any atom is -0.744 e. The molecule has 250 valence electrons. The smallest absolute Gasteiger partial charge is 0.245 e. The second-order valence-corrected chi connectivity index (χ2v) is 14.6. The van der Waals surface area contributed by atoms with Gasteiger partial charge in [0.1, 0.15) is 47.4 Å². The second kappa shape index (κ2) is 15.1. The van der Waals surface area contributed by atoms with Crippen LogP contribution in [0, 0.1) is 12.8 Å². The first-order valence-electron chi connectivity index (χ1n) is 14.2. The third kappa shape index (κ3) is 10.6. The third-order valence-corrected chi connectivity index (χ3v) is 8.69. The summed E-state index contributed by atoms with van der Waals surface area (Å²) in [7, 11) is -4.20. The normalized spacial score (nSPS) is 12.8. The molecule has 3 N–H and O–H groups in total. The summed E-state index contributed by atoms with van der Waals surface area (Å²) in [6.07, 6.45) is 1.64. The third-order valence-electron chi connectivity index (χ3n) is 6.91. The van der Waals surface area contributed by atoms with Crippen LogP contribution in [0.4, 0.5) is 4.39 Å². The van der Waals surface area contributed by atoms with Gasteiger partial charge in [-0.15, -0.1) is 5.10 Å². The average molecular weight is 679 g/mol. The Morgan fingerprint density at radius 3 is 2.13 bits per heavy atom. The van der Waals surface area contributed by atoms with Gasteiger partial charge in [-0.2, -0.15) is 0 Å². The lowest BCUT2D eigenvalue weighted by atomic mass is 10.0. The molecule has 0 radical (unpaired) electrons. The van der Waals surface area contributed by atoms with Crippen molar-refractivity contribution in [2.75, 3.05) is 27.3 Å². The van der Waals surface area contributed by atoms with E-state index in [4.69, 9.17) is 9.56 Å². The van der Waals surface area contributed by atoms with Crippen LogP contribution in [0.25, 0.3) is 11.3 Å². The zero-order valence-electron chi connectivity index (χ0n) is 26.3. The second-order valence-electron chi connectivity index (χ2n) is 11.7. The maximum Gasteiger partial charge on any atom is 0.245 e. The lowest BCUT2D eigenvalue weighted by Crippen LogP contribution is -2.40. The van der Waals surface area contributed by atoms with Crippen LogP contribution in [-0.4, -0.2) is 74.1 Å². The molecule has 0 unspecified atom stereocenters. The Morgan fingerprint density at radius 2 is 1.59 bits per heavy atom. The van der Waals surface area contributed by atoms with Gasteiger partial charge in [-0.3, -0.25) is 4.79 Å². The van der Waals surface area contributed by atoms with Crippen molar-refractivity contribution in [2.24, 2.45) is 11.1 Å². The predicted octanol–water partition coefficient (Wildman–Crippen LogP) is 3.14. The minimum atomic E-state index is -4.27. The summed E-state index contributed by atoms with van der Waals surface area (Å²) >= 11 is 0. The Hall–Kier alpha value is -3.96. The van der Waals surface area contributed by atoms with Crippen molar-refractivity contribution >= 4 is 26.0 Å². The molecule has 4 rings (SSSR count). The van der Waals surface area contributed by atoms with Gasteiger partial charge in [0.25, 0.3) is 0 Å². The highest BCUT2D eigenvalue weighted by Gasteiger charge is 2.26. The number of alkyl halides is 1. The maximum absolute atomic E-state index is 13.0. The standard InChI is InChI=1S/C23H31FN6O4S.C7H8O3S/c1-16(2)22(23(31)26-13-18-7-8-19(34-18)15-30(3,4)12-11-24)29-14-21(27-28-29)17-5-9-20(10-6-17)35(25,32)33;1-6-2-4-7(5-3-6)11(8,9)10/h5-10,14,16,22H,11-13,15H2,1-4H3,(H2-,25,26,31,32,33);2-5H,1H3,(H,8,9,10)/t22-;/m0./s1. The zero-order chi connectivity index (χ0) is 34.3. The summed E-state index contributed by atoms with van der Waals surface area (Å²) in [5.41, 5.74) is 2.07. The predicted molar refractivity (Wildman–Crippen MR) is 167 cm³/mol. The van der Waals surface area contributed by atoms with Gasteiger partial charge in [0.15, 0.2) is 5.76 Å². The fraction of sp³-hybridized carbons (Fsp3) is 0.367. The van der Waals surface area contributed by atoms with Crippen molar-refractivity contribution in [1.82, 2.24) is 20.3 Å². The largest absolute Gasteiger partial charge is 0.744 e. The topological polar surface area (TPSA) is 190 Å². The Kier molecular flexibility index (Phi) is 12.0. The molecule has 2 aromatic carbocycles. The number of aromatic nitrogens is 3. The fourth-order valence-corrected chi connectivity index (χ4v) is 5.39. The Balaban J connectivity index is 0.000000441. The number of nitrogens with two attached hydrogens (primary N) is 1. The number of nitrogens with one attached hydrogen (secondary N) is 1. The molecule has 2 aromatic heterocycles. The van der Waals surface area contributed by atoms with E-state index in [-0.39, 0.29) is 28.2 Å². The van der Waals surface area contributed by atoms with E-state index in [1.165, 1.54) is 28.9 Å². The number of nitrogens with zero attached hydrogens (tertiary/aromatic N) is 4. The molecule has 0 spiro atoms. The molecule has 0 bridgehead atoms. The molecule has 0 saturated carbocycles. The van der Waals surface area contributed by atoms with Crippen LogP contribution in [0.2, 0.25) is 0 Å². The minimum absolute atomic E-state index is 0.000850. The molecule has 0 aliphatic rings. The number of hydrogen-bond donors (Lipinski definition) is 2. The molecule has 46 heavy (non-hydrogen) atoms. The molecule has 1 amide bonds. The number of carbonyl (C=O) groups excluding carboxylic acids is 1. The van der Waals surface area contributed by atoms with E-state index in [9.17, 15) is 30.6 Å². The van der Waals surface area contributed by atoms with Crippen LogP contribution in [-0.2, 0) is 38.0 Å². The fourth-order valence-electron chi connectivity index (χ4n) is 4.40. The van der Waals surface area contributed by atoms with E-state index in [1.54, 1.807) is 36.5 Å². The van der Waals surface area contributed by atoms with Crippen LogP contribution >= 0.6 is 0 Å². The molecular formula is C30H39FN6O7S2. The molecular weight excluding hydrogens is 639 g/mol. The summed E-state index contributed by atoms with van der Waals surface area (Å²) in [6, 6.07) is 14.8. The van der Waals surface area contributed by atoms with E-state index in [2.05, 4.69) is 15.6 Å². The Bertz CT molecular complexity index is 1820. The van der Waals surface area contributed by atoms with E-state index in [1.807, 2.05) is 40.9 Å². The quantitative estimate of drug-likeness (QED) is 0.167. The summed E-state index contributed by atoms with van der Waals surface area (Å²) in [4.78, 5) is 12.8. The van der Waals surface area contributed by atoms with Crippen molar-refractivity contribution in [3.8, 4) is 11.3 Å². The van der Waals surface area contributed by atoms with Gasteiger partial charge in [0.2, 0.25) is 15.9 Å². The van der Waals surface area contributed by atoms with E-state index < -0.39 is 32.9 Å². The number of rotatable bonds is 12. The monoisotopic (exact) mass is 678 g/mol. The Morgan fingerprint density at radius 1 is 1.00 bits per heavy atom. The summed E-state index contributed by atoms with van der Waals surface area (Å²) in [6.45, 7) is 6.37. The first kappa shape index (κ1) is 36.5. The SMILES string of the molecule is CC(C)[C@@H](C(=O)NCc1ccc(C[N+](C)(C)CCF)o1)n1cc(-c2ccc(S(N)(=O)=O)cc2)nn1.Cc1ccc(S(=O)(=O)[O-])cc1. The summed E-state index contributed by atoms with van der Waals surface area (Å²) < 4.78 is 74.6. The molecule has 4 aromatic rings. The number of furan rings is 1. The molecule has 13 nitrogen and oxygen atoms in total. The molecule has 0 aliphatic heterocycles. The molecule has 0 aliphatic carbocycles. The number of sulfonamides is 1. The first-order valence-corrected chi connectivity index (χ1v) is 17.2. The van der Waals surface area contributed by atoms with Crippen LogP contribution in [0.15, 0.2) is 81.1 Å². The Labute approximate surface area is 268 Å². The van der Waals surface area contributed by atoms with E-state index in [0.29, 0.717) is 34.6 Å². The van der Waals surface area contributed by atoms with Crippen LogP contribution in [0.3, 0.4) is 0 Å². The summed E-state index contributed by atoms with van der Waals surface area (Å²) in [5, 5.41) is 16.3. The van der Waals surface area contributed by atoms with Gasteiger partial charge in [0.05, 0.1) is 36.6 Å². The highest BCUT2D eigenvalue weighted by atomic mass is 32.2.